The molecule has 1 unspecified atom stereocenters. The van der Waals surface area contributed by atoms with Gasteiger partial charge in [0.05, 0.1) is 0 Å². The zero-order chi connectivity index (χ0) is 10.5. The van der Waals surface area contributed by atoms with Crippen LogP contribution < -0.4 is 5.32 Å². The van der Waals surface area contributed by atoms with Crippen molar-refractivity contribution in [3.8, 4) is 0 Å². The maximum Gasteiger partial charge on any atom is 0.0129 e. The van der Waals surface area contributed by atoms with Crippen LogP contribution in [0.3, 0.4) is 0 Å². The molecule has 0 bridgehead atoms. The Morgan fingerprint density at radius 2 is 1.92 bits per heavy atom. The molecule has 1 atom stereocenters. The maximum atomic E-state index is 3.80. The molecular formula is C12H25N. The average Bonchev–Trinajstić information content (AvgIpc) is 2.03. The highest BCUT2D eigenvalue weighted by molar-refractivity contribution is 4.86. The van der Waals surface area contributed by atoms with Gasteiger partial charge in [0.25, 0.3) is 0 Å². The van der Waals surface area contributed by atoms with E-state index in [-0.39, 0.29) is 5.54 Å². The van der Waals surface area contributed by atoms with Crippen molar-refractivity contribution in [2.45, 2.75) is 59.0 Å². The van der Waals surface area contributed by atoms with Crippen molar-refractivity contribution in [3.63, 3.8) is 0 Å². The van der Waals surface area contributed by atoms with E-state index in [4.69, 9.17) is 0 Å². The lowest BCUT2D eigenvalue weighted by Gasteiger charge is -2.32. The first-order valence-electron chi connectivity index (χ1n) is 5.31. The molecule has 0 rings (SSSR count). The maximum absolute atomic E-state index is 3.80. The van der Waals surface area contributed by atoms with Crippen LogP contribution in [-0.2, 0) is 0 Å². The number of rotatable bonds is 6. The summed E-state index contributed by atoms with van der Waals surface area (Å²) in [6.07, 6.45) is 4.22. The van der Waals surface area contributed by atoms with Gasteiger partial charge in [-0.25, -0.2) is 0 Å². The fourth-order valence-electron chi connectivity index (χ4n) is 1.28. The van der Waals surface area contributed by atoms with Crippen LogP contribution >= 0.6 is 0 Å². The van der Waals surface area contributed by atoms with Gasteiger partial charge < -0.3 is 5.32 Å². The molecule has 0 saturated heterocycles. The van der Waals surface area contributed by atoms with Gasteiger partial charge in [-0.2, -0.15) is 0 Å². The third-order valence-electron chi connectivity index (χ3n) is 2.69. The van der Waals surface area contributed by atoms with Gasteiger partial charge in [-0.05, 0) is 32.6 Å². The molecule has 13 heavy (non-hydrogen) atoms. The first kappa shape index (κ1) is 12.7. The predicted molar refractivity (Wildman–Crippen MR) is 60.9 cm³/mol. The molecule has 0 amide bonds. The van der Waals surface area contributed by atoms with E-state index >= 15 is 0 Å². The molecule has 0 aromatic carbocycles. The smallest absolute Gasteiger partial charge is 0.0129 e. The van der Waals surface area contributed by atoms with Crippen molar-refractivity contribution in [1.29, 1.82) is 0 Å². The van der Waals surface area contributed by atoms with E-state index in [1.807, 2.05) is 6.08 Å². The standard InChI is InChI=1S/C12H25N/c1-7-9-11(10(3)4)13-12(5,6)8-2/h7,10-11,13H,1,8-9H2,2-6H3. The first-order chi connectivity index (χ1) is 5.93. The minimum atomic E-state index is 0.248. The second-order valence-electron chi connectivity index (χ2n) is 4.76. The number of hydrogen-bond donors (Lipinski definition) is 1. The molecule has 1 heteroatoms. The lowest BCUT2D eigenvalue weighted by molar-refractivity contribution is 0.280. The van der Waals surface area contributed by atoms with E-state index in [1.54, 1.807) is 0 Å². The summed E-state index contributed by atoms with van der Waals surface area (Å²) < 4.78 is 0. The molecule has 0 aliphatic rings. The Morgan fingerprint density at radius 3 is 2.23 bits per heavy atom. The highest BCUT2D eigenvalue weighted by atomic mass is 15.0. The van der Waals surface area contributed by atoms with Gasteiger partial charge in [-0.3, -0.25) is 0 Å². The summed E-state index contributed by atoms with van der Waals surface area (Å²) in [7, 11) is 0. The lowest BCUT2D eigenvalue weighted by atomic mass is 9.94. The van der Waals surface area contributed by atoms with Crippen LogP contribution in [0.1, 0.15) is 47.5 Å². The largest absolute Gasteiger partial charge is 0.308 e. The summed E-state index contributed by atoms with van der Waals surface area (Å²) in [4.78, 5) is 0. The van der Waals surface area contributed by atoms with Crippen molar-refractivity contribution in [2.75, 3.05) is 0 Å². The van der Waals surface area contributed by atoms with Crippen molar-refractivity contribution in [3.05, 3.63) is 12.7 Å². The van der Waals surface area contributed by atoms with Crippen LogP contribution in [-0.4, -0.2) is 11.6 Å². The minimum absolute atomic E-state index is 0.248. The van der Waals surface area contributed by atoms with Gasteiger partial charge in [-0.15, -0.1) is 6.58 Å². The van der Waals surface area contributed by atoms with Crippen LogP contribution in [0.5, 0.6) is 0 Å². The molecule has 1 N–H and O–H groups in total. The van der Waals surface area contributed by atoms with Crippen LogP contribution in [0.25, 0.3) is 0 Å². The van der Waals surface area contributed by atoms with Crippen LogP contribution in [0, 0.1) is 5.92 Å². The lowest BCUT2D eigenvalue weighted by Crippen LogP contribution is -2.47. The van der Waals surface area contributed by atoms with Crippen LogP contribution in [0.2, 0.25) is 0 Å². The second kappa shape index (κ2) is 5.43. The van der Waals surface area contributed by atoms with Crippen LogP contribution in [0.15, 0.2) is 12.7 Å². The van der Waals surface area contributed by atoms with E-state index in [9.17, 15) is 0 Å². The summed E-state index contributed by atoms with van der Waals surface area (Å²) in [5.41, 5.74) is 0.248. The van der Waals surface area contributed by atoms with Crippen molar-refractivity contribution >= 4 is 0 Å². The fraction of sp³-hybridized carbons (Fsp3) is 0.833. The molecule has 0 radical (unpaired) electrons. The van der Waals surface area contributed by atoms with Gasteiger partial charge in [0.15, 0.2) is 0 Å². The Bertz CT molecular complexity index is 147. The molecule has 0 aliphatic carbocycles. The minimum Gasteiger partial charge on any atom is -0.308 e. The summed E-state index contributed by atoms with van der Waals surface area (Å²) in [6, 6.07) is 0.562. The molecular weight excluding hydrogens is 158 g/mol. The van der Waals surface area contributed by atoms with Crippen molar-refractivity contribution in [1.82, 2.24) is 5.32 Å². The highest BCUT2D eigenvalue weighted by Gasteiger charge is 2.21. The Morgan fingerprint density at radius 1 is 1.38 bits per heavy atom. The Kier molecular flexibility index (Phi) is 5.31. The normalized spacial score (nSPS) is 14.6. The first-order valence-corrected chi connectivity index (χ1v) is 5.31. The average molecular weight is 183 g/mol. The Labute approximate surface area is 83.6 Å². The fourth-order valence-corrected chi connectivity index (χ4v) is 1.28. The molecule has 0 spiro atoms. The number of hydrogen-bond acceptors (Lipinski definition) is 1. The number of nitrogens with one attached hydrogen (secondary N) is 1. The van der Waals surface area contributed by atoms with Gasteiger partial charge >= 0.3 is 0 Å². The van der Waals surface area contributed by atoms with Crippen molar-refractivity contribution < 1.29 is 0 Å². The van der Waals surface area contributed by atoms with E-state index in [0.29, 0.717) is 12.0 Å². The summed E-state index contributed by atoms with van der Waals surface area (Å²) in [5, 5.41) is 3.67. The quantitative estimate of drug-likeness (QED) is 0.623. The Balaban J connectivity index is 4.16. The van der Waals surface area contributed by atoms with E-state index < -0.39 is 0 Å². The third kappa shape index (κ3) is 5.09. The SMILES string of the molecule is C=CCC(NC(C)(C)CC)C(C)C. The summed E-state index contributed by atoms with van der Waals surface area (Å²) in [6.45, 7) is 15.0. The molecule has 1 nitrogen and oxygen atoms in total. The highest BCUT2D eigenvalue weighted by Crippen LogP contribution is 2.14. The van der Waals surface area contributed by atoms with E-state index in [1.165, 1.54) is 0 Å². The van der Waals surface area contributed by atoms with Crippen LogP contribution in [0.4, 0.5) is 0 Å². The molecule has 0 aliphatic heterocycles. The molecule has 0 aromatic heterocycles. The molecule has 78 valence electrons. The molecule has 0 heterocycles. The van der Waals surface area contributed by atoms with Gasteiger partial charge in [0.2, 0.25) is 0 Å². The van der Waals surface area contributed by atoms with Gasteiger partial charge in [0.1, 0.15) is 0 Å². The molecule has 0 aromatic rings. The summed E-state index contributed by atoms with van der Waals surface area (Å²) in [5.74, 6) is 0.670. The van der Waals surface area contributed by atoms with Gasteiger partial charge in [-0.1, -0.05) is 26.8 Å². The Hall–Kier alpha value is -0.300. The topological polar surface area (TPSA) is 12.0 Å². The van der Waals surface area contributed by atoms with E-state index in [0.717, 1.165) is 12.8 Å². The van der Waals surface area contributed by atoms with Crippen molar-refractivity contribution in [2.24, 2.45) is 5.92 Å². The summed E-state index contributed by atoms with van der Waals surface area (Å²) >= 11 is 0. The molecule has 0 saturated carbocycles. The zero-order valence-electron chi connectivity index (χ0n) is 9.85. The van der Waals surface area contributed by atoms with E-state index in [2.05, 4.69) is 46.5 Å². The van der Waals surface area contributed by atoms with Gasteiger partial charge in [0, 0.05) is 11.6 Å². The molecule has 0 fully saturated rings. The third-order valence-corrected chi connectivity index (χ3v) is 2.69. The monoisotopic (exact) mass is 183 g/mol. The zero-order valence-corrected chi connectivity index (χ0v) is 9.85. The predicted octanol–water partition coefficient (Wildman–Crippen LogP) is 3.37. The second-order valence-corrected chi connectivity index (χ2v) is 4.76.